The number of esters is 1. The van der Waals surface area contributed by atoms with Crippen LogP contribution in [-0.4, -0.2) is 22.5 Å². The zero-order valence-electron chi connectivity index (χ0n) is 10.5. The van der Waals surface area contributed by atoms with Crippen LogP contribution in [0.25, 0.3) is 0 Å². The summed E-state index contributed by atoms with van der Waals surface area (Å²) in [5, 5.41) is -0.725. The summed E-state index contributed by atoms with van der Waals surface area (Å²) in [6, 6.07) is 5.51. The van der Waals surface area contributed by atoms with E-state index in [-0.39, 0.29) is 0 Å². The first-order chi connectivity index (χ1) is 8.60. The summed E-state index contributed by atoms with van der Waals surface area (Å²) in [4.78, 5) is 11.9. The number of carbonyl (C=O) groups is 1. The highest BCUT2D eigenvalue weighted by atomic mass is 32.2. The third kappa shape index (κ3) is 3.91. The van der Waals surface area contributed by atoms with E-state index in [0.29, 0.717) is 11.3 Å². The fourth-order valence-electron chi connectivity index (χ4n) is 1.59. The standard InChI is InChI=1S/C13H17FO3S/c1-3-4-8-12(13(15)17-2)18(16)11-7-5-6-10(14)9-11/h5-7,9,12H,3-4,8H2,1-2H3. The Morgan fingerprint density at radius 1 is 1.50 bits per heavy atom. The van der Waals surface area contributed by atoms with E-state index in [9.17, 15) is 13.4 Å². The Labute approximate surface area is 109 Å². The van der Waals surface area contributed by atoms with Gasteiger partial charge in [-0.1, -0.05) is 25.8 Å². The Morgan fingerprint density at radius 2 is 2.22 bits per heavy atom. The highest BCUT2D eigenvalue weighted by Gasteiger charge is 2.26. The molecule has 0 bridgehead atoms. The van der Waals surface area contributed by atoms with Crippen LogP contribution < -0.4 is 0 Å². The molecule has 0 aliphatic carbocycles. The summed E-state index contributed by atoms with van der Waals surface area (Å²) in [5.74, 6) is -0.967. The lowest BCUT2D eigenvalue weighted by molar-refractivity contribution is -0.140. The Balaban J connectivity index is 2.91. The van der Waals surface area contributed by atoms with E-state index in [2.05, 4.69) is 4.74 Å². The van der Waals surface area contributed by atoms with E-state index in [0.717, 1.165) is 12.8 Å². The van der Waals surface area contributed by atoms with E-state index >= 15 is 0 Å². The molecule has 2 atom stereocenters. The lowest BCUT2D eigenvalue weighted by atomic mass is 10.2. The number of methoxy groups -OCH3 is 1. The molecular weight excluding hydrogens is 255 g/mol. The second-order valence-corrected chi connectivity index (χ2v) is 5.54. The molecule has 0 radical (unpaired) electrons. The number of hydrogen-bond donors (Lipinski definition) is 0. The van der Waals surface area contributed by atoms with Crippen LogP contribution in [0, 0.1) is 5.82 Å². The second-order valence-electron chi connectivity index (χ2n) is 3.91. The normalized spacial score (nSPS) is 13.9. The Morgan fingerprint density at radius 3 is 2.78 bits per heavy atom. The van der Waals surface area contributed by atoms with Crippen LogP contribution in [0.15, 0.2) is 29.2 Å². The van der Waals surface area contributed by atoms with Crippen molar-refractivity contribution in [2.45, 2.75) is 36.3 Å². The van der Waals surface area contributed by atoms with Gasteiger partial charge in [0.2, 0.25) is 0 Å². The summed E-state index contributed by atoms with van der Waals surface area (Å²) in [7, 11) is -0.310. The first-order valence-corrected chi connectivity index (χ1v) is 7.05. The average Bonchev–Trinajstić information content (AvgIpc) is 2.38. The molecule has 0 aromatic heterocycles. The molecule has 0 fully saturated rings. The van der Waals surface area contributed by atoms with Crippen LogP contribution in [0.5, 0.6) is 0 Å². The van der Waals surface area contributed by atoms with Crippen molar-refractivity contribution in [3.8, 4) is 0 Å². The highest BCUT2D eigenvalue weighted by molar-refractivity contribution is 7.86. The number of hydrogen-bond acceptors (Lipinski definition) is 3. The van der Waals surface area contributed by atoms with Crippen LogP contribution >= 0.6 is 0 Å². The van der Waals surface area contributed by atoms with Crippen molar-refractivity contribution in [1.29, 1.82) is 0 Å². The van der Waals surface area contributed by atoms with E-state index in [1.807, 2.05) is 6.92 Å². The molecule has 0 saturated heterocycles. The first-order valence-electron chi connectivity index (χ1n) is 5.84. The maximum atomic E-state index is 13.1. The fraction of sp³-hybridized carbons (Fsp3) is 0.462. The van der Waals surface area contributed by atoms with E-state index in [1.54, 1.807) is 6.07 Å². The quantitative estimate of drug-likeness (QED) is 0.748. The van der Waals surface area contributed by atoms with Crippen molar-refractivity contribution in [3.05, 3.63) is 30.1 Å². The monoisotopic (exact) mass is 272 g/mol. The van der Waals surface area contributed by atoms with Gasteiger partial charge in [0.05, 0.1) is 17.9 Å². The van der Waals surface area contributed by atoms with Gasteiger partial charge in [-0.15, -0.1) is 0 Å². The van der Waals surface area contributed by atoms with Crippen molar-refractivity contribution in [2.75, 3.05) is 7.11 Å². The molecule has 18 heavy (non-hydrogen) atoms. The van der Waals surface area contributed by atoms with Crippen LogP contribution in [0.3, 0.4) is 0 Å². The lowest BCUT2D eigenvalue weighted by Crippen LogP contribution is -2.27. The summed E-state index contributed by atoms with van der Waals surface area (Å²) in [5.41, 5.74) is 0. The van der Waals surface area contributed by atoms with E-state index in [1.165, 1.54) is 25.3 Å². The van der Waals surface area contributed by atoms with E-state index in [4.69, 9.17) is 0 Å². The molecule has 100 valence electrons. The molecular formula is C13H17FO3S. The van der Waals surface area contributed by atoms with Gasteiger partial charge in [-0.05, 0) is 24.6 Å². The molecule has 3 nitrogen and oxygen atoms in total. The molecule has 0 amide bonds. The fourth-order valence-corrected chi connectivity index (χ4v) is 3.01. The van der Waals surface area contributed by atoms with Gasteiger partial charge in [0, 0.05) is 4.90 Å². The molecule has 0 spiro atoms. The van der Waals surface area contributed by atoms with Gasteiger partial charge < -0.3 is 4.74 Å². The first kappa shape index (κ1) is 14.8. The Hall–Kier alpha value is -1.23. The van der Waals surface area contributed by atoms with Crippen molar-refractivity contribution in [3.63, 3.8) is 0 Å². The van der Waals surface area contributed by atoms with Crippen LogP contribution in [0.1, 0.15) is 26.2 Å². The van der Waals surface area contributed by atoms with Crippen LogP contribution in [0.2, 0.25) is 0 Å². The molecule has 1 rings (SSSR count). The summed E-state index contributed by atoms with van der Waals surface area (Å²) >= 11 is 0. The van der Waals surface area contributed by atoms with Gasteiger partial charge in [-0.2, -0.15) is 0 Å². The molecule has 5 heteroatoms. The SMILES string of the molecule is CCCCC(C(=O)OC)S(=O)c1cccc(F)c1. The predicted octanol–water partition coefficient (Wildman–Crippen LogP) is 2.67. The zero-order valence-corrected chi connectivity index (χ0v) is 11.3. The minimum Gasteiger partial charge on any atom is -0.468 e. The van der Waals surface area contributed by atoms with Crippen molar-refractivity contribution >= 4 is 16.8 Å². The van der Waals surface area contributed by atoms with Gasteiger partial charge in [0.15, 0.2) is 0 Å². The Bertz CT molecular complexity index is 434. The van der Waals surface area contributed by atoms with Crippen LogP contribution in [-0.2, 0) is 20.3 Å². The van der Waals surface area contributed by atoms with Crippen molar-refractivity contribution in [1.82, 2.24) is 0 Å². The number of ether oxygens (including phenoxy) is 1. The smallest absolute Gasteiger partial charge is 0.321 e. The summed E-state index contributed by atoms with van der Waals surface area (Å²) in [6.07, 6.45) is 2.15. The maximum absolute atomic E-state index is 13.1. The van der Waals surface area contributed by atoms with Crippen molar-refractivity contribution < 1.29 is 18.1 Å². The molecule has 2 unspecified atom stereocenters. The minimum atomic E-state index is -1.58. The molecule has 1 aromatic rings. The van der Waals surface area contributed by atoms with Crippen molar-refractivity contribution in [2.24, 2.45) is 0 Å². The van der Waals surface area contributed by atoms with Gasteiger partial charge in [-0.25, -0.2) is 4.39 Å². The largest absolute Gasteiger partial charge is 0.468 e. The molecule has 1 aromatic carbocycles. The molecule has 0 aliphatic heterocycles. The third-order valence-corrected chi connectivity index (χ3v) is 4.23. The topological polar surface area (TPSA) is 43.4 Å². The lowest BCUT2D eigenvalue weighted by Gasteiger charge is -2.14. The Kier molecular flexibility index (Phi) is 5.98. The predicted molar refractivity (Wildman–Crippen MR) is 68.1 cm³/mol. The number of benzene rings is 1. The van der Waals surface area contributed by atoms with Crippen LogP contribution in [0.4, 0.5) is 4.39 Å². The van der Waals surface area contributed by atoms with Gasteiger partial charge in [-0.3, -0.25) is 9.00 Å². The number of unbranched alkanes of at least 4 members (excludes halogenated alkanes) is 1. The molecule has 0 aliphatic rings. The molecule has 0 N–H and O–H groups in total. The highest BCUT2D eigenvalue weighted by Crippen LogP contribution is 2.18. The van der Waals surface area contributed by atoms with Gasteiger partial charge in [0.25, 0.3) is 0 Å². The minimum absolute atomic E-state index is 0.321. The summed E-state index contributed by atoms with van der Waals surface area (Å²) < 4.78 is 30.0. The maximum Gasteiger partial charge on any atom is 0.321 e. The number of halogens is 1. The molecule has 0 heterocycles. The molecule has 0 saturated carbocycles. The average molecular weight is 272 g/mol. The van der Waals surface area contributed by atoms with E-state index < -0.39 is 27.8 Å². The summed E-state index contributed by atoms with van der Waals surface area (Å²) in [6.45, 7) is 1.99. The van der Waals surface area contributed by atoms with Gasteiger partial charge in [0.1, 0.15) is 11.1 Å². The zero-order chi connectivity index (χ0) is 13.5. The second kappa shape index (κ2) is 7.26. The number of carbonyl (C=O) groups excluding carboxylic acids is 1. The number of rotatable bonds is 6. The van der Waals surface area contributed by atoms with Gasteiger partial charge >= 0.3 is 5.97 Å². The third-order valence-electron chi connectivity index (χ3n) is 2.57.